The predicted molar refractivity (Wildman–Crippen MR) is 168 cm³/mol. The minimum absolute atomic E-state index is 0.00501. The van der Waals surface area contributed by atoms with Crippen LogP contribution in [0.25, 0.3) is 0 Å². The van der Waals surface area contributed by atoms with Crippen LogP contribution in [0.3, 0.4) is 0 Å². The fraction of sp³-hybridized carbons (Fsp3) is 0.400. The predicted octanol–water partition coefficient (Wildman–Crippen LogP) is 6.14. The Bertz CT molecular complexity index is 1610. The molecule has 0 aliphatic heterocycles. The number of rotatable bonds is 11. The summed E-state index contributed by atoms with van der Waals surface area (Å²) in [5.74, 6) is 0.156. The molecule has 4 rings (SSSR count). The molecule has 228 valence electrons. The molecule has 0 spiro atoms. The zero-order chi connectivity index (χ0) is 31.4. The summed E-state index contributed by atoms with van der Waals surface area (Å²) in [5, 5.41) is 11.3. The Morgan fingerprint density at radius 3 is 2.07 bits per heavy atom. The van der Waals surface area contributed by atoms with E-state index >= 15 is 0 Å². The summed E-state index contributed by atoms with van der Waals surface area (Å²) in [6.07, 6.45) is 5.39. The van der Waals surface area contributed by atoms with Crippen molar-refractivity contribution < 1.29 is 19.4 Å². The number of nitrogens with zero attached hydrogens (tertiary/aromatic N) is 3. The number of ether oxygens (including phenoxy) is 2. The number of aromatic nitrogens is 3. The normalized spacial score (nSPS) is 11.9. The van der Waals surface area contributed by atoms with Gasteiger partial charge in [0, 0.05) is 12.4 Å². The van der Waals surface area contributed by atoms with Crippen molar-refractivity contribution in [3.8, 4) is 11.6 Å². The Morgan fingerprint density at radius 2 is 1.44 bits per heavy atom. The second-order valence-electron chi connectivity index (χ2n) is 12.6. The van der Waals surface area contributed by atoms with Crippen LogP contribution >= 0.6 is 0 Å². The third kappa shape index (κ3) is 8.15. The molecule has 43 heavy (non-hydrogen) atoms. The third-order valence-electron chi connectivity index (χ3n) is 7.37. The minimum atomic E-state index is -1.13. The first-order valence-electron chi connectivity index (χ1n) is 14.7. The molecule has 8 nitrogen and oxygen atoms in total. The van der Waals surface area contributed by atoms with E-state index in [1.54, 1.807) is 30.8 Å². The maximum absolute atomic E-state index is 13.6. The van der Waals surface area contributed by atoms with Crippen LogP contribution in [0.1, 0.15) is 74.6 Å². The van der Waals surface area contributed by atoms with Crippen molar-refractivity contribution in [2.75, 3.05) is 0 Å². The molecule has 2 heterocycles. The van der Waals surface area contributed by atoms with Crippen LogP contribution in [0.4, 0.5) is 0 Å². The summed E-state index contributed by atoms with van der Waals surface area (Å²) in [5.41, 5.74) is 3.96. The highest BCUT2D eigenvalue weighted by molar-refractivity contribution is 5.79. The molecular formula is C35H43N3O5. The number of aryl methyl sites for hydroxylation is 3. The largest absolute Gasteiger partial charge is 0.493 e. The summed E-state index contributed by atoms with van der Waals surface area (Å²) in [4.78, 5) is 30.2. The lowest BCUT2D eigenvalue weighted by Gasteiger charge is -2.29. The summed E-state index contributed by atoms with van der Waals surface area (Å²) >= 11 is 0. The molecule has 0 saturated heterocycles. The minimum Gasteiger partial charge on any atom is -0.493 e. The van der Waals surface area contributed by atoms with E-state index in [-0.39, 0.29) is 11.6 Å². The highest BCUT2D eigenvalue weighted by atomic mass is 16.6. The smallest absolute Gasteiger partial charge is 0.350 e. The zero-order valence-electron chi connectivity index (χ0n) is 26.3. The van der Waals surface area contributed by atoms with Gasteiger partial charge in [-0.05, 0) is 120 Å². The number of carbonyl (C=O) groups is 1. The number of aromatic hydroxyl groups is 1. The fourth-order valence-electron chi connectivity index (χ4n) is 4.86. The van der Waals surface area contributed by atoms with Crippen LogP contribution in [0.2, 0.25) is 0 Å². The van der Waals surface area contributed by atoms with Crippen molar-refractivity contribution in [1.82, 2.24) is 14.1 Å². The first-order chi connectivity index (χ1) is 20.2. The van der Waals surface area contributed by atoms with Crippen molar-refractivity contribution >= 4 is 5.97 Å². The van der Waals surface area contributed by atoms with Crippen molar-refractivity contribution in [1.29, 1.82) is 0 Å². The van der Waals surface area contributed by atoms with Gasteiger partial charge in [-0.15, -0.1) is 0 Å². The molecule has 2 aromatic carbocycles. The van der Waals surface area contributed by atoms with Crippen LogP contribution in [0, 0.1) is 13.8 Å². The number of pyridine rings is 1. The fourth-order valence-corrected chi connectivity index (χ4v) is 4.86. The molecule has 0 amide bonds. The van der Waals surface area contributed by atoms with Crippen LogP contribution in [0.15, 0.2) is 71.8 Å². The van der Waals surface area contributed by atoms with Crippen LogP contribution in [0.5, 0.6) is 11.6 Å². The average Bonchev–Trinajstić information content (AvgIpc) is 3.15. The third-order valence-corrected chi connectivity index (χ3v) is 7.37. The lowest BCUT2D eigenvalue weighted by Crippen LogP contribution is -2.43. The van der Waals surface area contributed by atoms with Gasteiger partial charge in [0.25, 0.3) is 0 Å². The summed E-state index contributed by atoms with van der Waals surface area (Å²) < 4.78 is 14.6. The Kier molecular flexibility index (Phi) is 9.48. The maximum Gasteiger partial charge on any atom is 0.350 e. The van der Waals surface area contributed by atoms with Crippen molar-refractivity contribution in [2.24, 2.45) is 0 Å². The lowest BCUT2D eigenvalue weighted by atomic mass is 10.1. The Morgan fingerprint density at radius 1 is 0.814 bits per heavy atom. The van der Waals surface area contributed by atoms with E-state index in [1.807, 2.05) is 76.2 Å². The van der Waals surface area contributed by atoms with Gasteiger partial charge >= 0.3 is 11.7 Å². The molecule has 4 aromatic rings. The summed E-state index contributed by atoms with van der Waals surface area (Å²) in [7, 11) is 0. The van der Waals surface area contributed by atoms with Gasteiger partial charge in [0.05, 0.1) is 18.8 Å². The molecule has 0 radical (unpaired) electrons. The molecule has 2 aromatic heterocycles. The van der Waals surface area contributed by atoms with Crippen LogP contribution < -0.4 is 10.4 Å². The number of hydrogen-bond acceptors (Lipinski definition) is 6. The monoisotopic (exact) mass is 585 g/mol. The first kappa shape index (κ1) is 31.6. The van der Waals surface area contributed by atoms with E-state index in [0.717, 1.165) is 35.1 Å². The lowest BCUT2D eigenvalue weighted by molar-refractivity contribution is -0.170. The van der Waals surface area contributed by atoms with E-state index in [9.17, 15) is 14.7 Å². The highest BCUT2D eigenvalue weighted by Gasteiger charge is 2.34. The Balaban J connectivity index is 1.48. The molecule has 0 aliphatic rings. The SMILES string of the molecule is Cc1ccc(Cn2c(O)c(CCCc3ccc(OC(C)(C)C(=O)OC(C)(C)C)cc3)n(Cc3ccncc3)c2=O)cc1C. The number of imidazole rings is 1. The molecule has 0 fully saturated rings. The summed E-state index contributed by atoms with van der Waals surface area (Å²) in [6.45, 7) is 13.6. The van der Waals surface area contributed by atoms with E-state index in [0.29, 0.717) is 31.0 Å². The standard InChI is InChI=1S/C35H43N3O5/c1-24-11-12-28(21-25(24)2)23-38-31(39)30(37(33(38)41)22-27-17-19-36-20-18-27)10-8-9-26-13-15-29(16-14-26)42-35(6,7)32(40)43-34(3,4)5/h11-21,39H,8-10,22-23H2,1-7H3. The van der Waals surface area contributed by atoms with E-state index in [2.05, 4.69) is 18.0 Å². The number of hydrogen-bond donors (Lipinski definition) is 1. The van der Waals surface area contributed by atoms with E-state index < -0.39 is 17.2 Å². The van der Waals surface area contributed by atoms with Gasteiger partial charge in [0.2, 0.25) is 5.88 Å². The van der Waals surface area contributed by atoms with Crippen molar-refractivity contribution in [2.45, 2.75) is 92.0 Å². The topological polar surface area (TPSA) is 95.6 Å². The Hall–Kier alpha value is -4.33. The highest BCUT2D eigenvalue weighted by Crippen LogP contribution is 2.25. The van der Waals surface area contributed by atoms with Gasteiger partial charge in [-0.2, -0.15) is 0 Å². The summed E-state index contributed by atoms with van der Waals surface area (Å²) in [6, 6.07) is 17.5. The van der Waals surface area contributed by atoms with E-state index in [4.69, 9.17) is 9.47 Å². The molecule has 0 unspecified atom stereocenters. The number of benzene rings is 2. The van der Waals surface area contributed by atoms with Gasteiger partial charge in [-0.1, -0.05) is 30.3 Å². The maximum atomic E-state index is 13.6. The molecule has 0 aliphatic carbocycles. The van der Waals surface area contributed by atoms with E-state index in [1.165, 1.54) is 10.1 Å². The van der Waals surface area contributed by atoms with Gasteiger partial charge in [-0.3, -0.25) is 14.1 Å². The van der Waals surface area contributed by atoms with Gasteiger partial charge in [-0.25, -0.2) is 9.59 Å². The van der Waals surface area contributed by atoms with Crippen molar-refractivity contribution in [3.05, 3.63) is 111 Å². The number of esters is 1. The van der Waals surface area contributed by atoms with Gasteiger partial charge in [0.1, 0.15) is 11.4 Å². The molecule has 1 N–H and O–H groups in total. The quantitative estimate of drug-likeness (QED) is 0.213. The van der Waals surface area contributed by atoms with Gasteiger partial charge < -0.3 is 14.6 Å². The first-order valence-corrected chi connectivity index (χ1v) is 14.7. The van der Waals surface area contributed by atoms with Crippen molar-refractivity contribution in [3.63, 3.8) is 0 Å². The zero-order valence-corrected chi connectivity index (χ0v) is 26.3. The molecule has 0 bridgehead atoms. The molecule has 0 atom stereocenters. The molecule has 8 heteroatoms. The molecule has 0 saturated carbocycles. The number of carbonyl (C=O) groups excluding carboxylic acids is 1. The Labute approximate surface area is 253 Å². The van der Waals surface area contributed by atoms with Crippen LogP contribution in [-0.2, 0) is 35.5 Å². The van der Waals surface area contributed by atoms with Crippen LogP contribution in [-0.4, -0.2) is 36.4 Å². The second-order valence-corrected chi connectivity index (χ2v) is 12.6. The molecular weight excluding hydrogens is 542 g/mol. The second kappa shape index (κ2) is 12.9. The average molecular weight is 586 g/mol. The van der Waals surface area contributed by atoms with Gasteiger partial charge in [0.15, 0.2) is 5.60 Å².